The molecule has 2 aliphatic heterocycles. The standard InChI is InChI=1S/C16H21BrN2O2/c17-15-4-2-1-3-13(15)11-18-6-5-14(12-18)16(20)19-7-9-21-10-8-19/h1-4,14H,5-12H2. The Morgan fingerprint density at radius 2 is 2.00 bits per heavy atom. The molecule has 5 heteroatoms. The Morgan fingerprint density at radius 1 is 1.24 bits per heavy atom. The second kappa shape index (κ2) is 6.90. The van der Waals surface area contributed by atoms with Crippen molar-refractivity contribution in [2.45, 2.75) is 13.0 Å². The van der Waals surface area contributed by atoms with Crippen molar-refractivity contribution in [1.82, 2.24) is 9.80 Å². The molecule has 0 aliphatic carbocycles. The number of hydrogen-bond acceptors (Lipinski definition) is 3. The van der Waals surface area contributed by atoms with Gasteiger partial charge < -0.3 is 9.64 Å². The van der Waals surface area contributed by atoms with Crippen molar-refractivity contribution in [1.29, 1.82) is 0 Å². The lowest BCUT2D eigenvalue weighted by molar-refractivity contribution is -0.139. The van der Waals surface area contributed by atoms with E-state index in [-0.39, 0.29) is 5.92 Å². The zero-order valence-electron chi connectivity index (χ0n) is 12.1. The third-order valence-corrected chi connectivity index (χ3v) is 5.07. The number of benzene rings is 1. The van der Waals surface area contributed by atoms with Crippen LogP contribution in [0.3, 0.4) is 0 Å². The highest BCUT2D eigenvalue weighted by atomic mass is 79.9. The molecule has 114 valence electrons. The van der Waals surface area contributed by atoms with Crippen LogP contribution >= 0.6 is 15.9 Å². The van der Waals surface area contributed by atoms with E-state index in [1.165, 1.54) is 5.56 Å². The molecule has 2 saturated heterocycles. The molecule has 0 saturated carbocycles. The summed E-state index contributed by atoms with van der Waals surface area (Å²) in [6.07, 6.45) is 0.973. The molecule has 2 heterocycles. The first kappa shape index (κ1) is 15.0. The monoisotopic (exact) mass is 352 g/mol. The van der Waals surface area contributed by atoms with E-state index in [2.05, 4.69) is 39.0 Å². The van der Waals surface area contributed by atoms with Gasteiger partial charge in [0.15, 0.2) is 0 Å². The highest BCUT2D eigenvalue weighted by molar-refractivity contribution is 9.10. The average Bonchev–Trinajstić information content (AvgIpc) is 2.98. The largest absolute Gasteiger partial charge is 0.378 e. The zero-order chi connectivity index (χ0) is 14.7. The van der Waals surface area contributed by atoms with Crippen molar-refractivity contribution in [3.8, 4) is 0 Å². The minimum atomic E-state index is 0.158. The molecular weight excluding hydrogens is 332 g/mol. The van der Waals surface area contributed by atoms with E-state index >= 15 is 0 Å². The molecule has 1 amide bonds. The highest BCUT2D eigenvalue weighted by Gasteiger charge is 2.32. The molecule has 1 aromatic carbocycles. The number of likely N-dealkylation sites (tertiary alicyclic amines) is 1. The van der Waals surface area contributed by atoms with Crippen molar-refractivity contribution in [3.05, 3.63) is 34.3 Å². The lowest BCUT2D eigenvalue weighted by Gasteiger charge is -2.29. The molecule has 0 N–H and O–H groups in total. The lowest BCUT2D eigenvalue weighted by Crippen LogP contribution is -2.44. The summed E-state index contributed by atoms with van der Waals surface area (Å²) in [4.78, 5) is 16.8. The van der Waals surface area contributed by atoms with Crippen LogP contribution in [0, 0.1) is 5.92 Å². The summed E-state index contributed by atoms with van der Waals surface area (Å²) in [5.74, 6) is 0.471. The van der Waals surface area contributed by atoms with Crippen LogP contribution in [0.1, 0.15) is 12.0 Å². The average molecular weight is 353 g/mol. The minimum absolute atomic E-state index is 0.158. The molecule has 0 spiro atoms. The summed E-state index contributed by atoms with van der Waals surface area (Å²) in [6, 6.07) is 8.30. The predicted molar refractivity (Wildman–Crippen MR) is 84.9 cm³/mol. The predicted octanol–water partition coefficient (Wildman–Crippen LogP) is 2.13. The van der Waals surface area contributed by atoms with E-state index in [1.54, 1.807) is 0 Å². The van der Waals surface area contributed by atoms with Gasteiger partial charge in [-0.1, -0.05) is 34.1 Å². The normalized spacial score (nSPS) is 23.5. The van der Waals surface area contributed by atoms with Crippen LogP contribution in [0.5, 0.6) is 0 Å². The quantitative estimate of drug-likeness (QED) is 0.835. The Balaban J connectivity index is 1.55. The van der Waals surface area contributed by atoms with E-state index in [9.17, 15) is 4.79 Å². The second-order valence-electron chi connectivity index (χ2n) is 5.75. The van der Waals surface area contributed by atoms with Gasteiger partial charge in [0, 0.05) is 30.7 Å². The van der Waals surface area contributed by atoms with Gasteiger partial charge in [-0.15, -0.1) is 0 Å². The number of halogens is 1. The van der Waals surface area contributed by atoms with Crippen LogP contribution < -0.4 is 0 Å². The number of ether oxygens (including phenoxy) is 1. The maximum absolute atomic E-state index is 12.5. The van der Waals surface area contributed by atoms with Gasteiger partial charge >= 0.3 is 0 Å². The fourth-order valence-corrected chi connectivity index (χ4v) is 3.50. The molecule has 0 radical (unpaired) electrons. The number of amides is 1. The first-order valence-electron chi connectivity index (χ1n) is 7.56. The molecule has 2 fully saturated rings. The fraction of sp³-hybridized carbons (Fsp3) is 0.562. The molecule has 0 aromatic heterocycles. The molecule has 3 rings (SSSR count). The van der Waals surface area contributed by atoms with E-state index in [4.69, 9.17) is 4.74 Å². The Bertz CT molecular complexity index is 503. The van der Waals surface area contributed by atoms with Gasteiger partial charge in [-0.2, -0.15) is 0 Å². The molecule has 0 bridgehead atoms. The van der Waals surface area contributed by atoms with Crippen LogP contribution in [0.25, 0.3) is 0 Å². The van der Waals surface area contributed by atoms with Gasteiger partial charge in [0.2, 0.25) is 5.91 Å². The molecule has 21 heavy (non-hydrogen) atoms. The summed E-state index contributed by atoms with van der Waals surface area (Å²) >= 11 is 3.59. The molecule has 4 nitrogen and oxygen atoms in total. The first-order valence-corrected chi connectivity index (χ1v) is 8.35. The first-order chi connectivity index (χ1) is 10.2. The van der Waals surface area contributed by atoms with Crippen LogP contribution in [-0.4, -0.2) is 55.1 Å². The van der Waals surface area contributed by atoms with Gasteiger partial charge in [0.25, 0.3) is 0 Å². The third-order valence-electron chi connectivity index (χ3n) is 4.30. The number of rotatable bonds is 3. The molecule has 1 aromatic rings. The number of carbonyl (C=O) groups excluding carboxylic acids is 1. The Morgan fingerprint density at radius 3 is 2.76 bits per heavy atom. The molecule has 1 unspecified atom stereocenters. The fourth-order valence-electron chi connectivity index (χ4n) is 3.09. The van der Waals surface area contributed by atoms with Gasteiger partial charge in [0.05, 0.1) is 19.1 Å². The second-order valence-corrected chi connectivity index (χ2v) is 6.60. The summed E-state index contributed by atoms with van der Waals surface area (Å²) in [6.45, 7) is 5.64. The Hall–Kier alpha value is -0.910. The topological polar surface area (TPSA) is 32.8 Å². The van der Waals surface area contributed by atoms with Crippen LogP contribution in [0.2, 0.25) is 0 Å². The van der Waals surface area contributed by atoms with Crippen LogP contribution in [-0.2, 0) is 16.1 Å². The molecule has 2 aliphatic rings. The van der Waals surface area contributed by atoms with Crippen molar-refractivity contribution in [2.24, 2.45) is 5.92 Å². The van der Waals surface area contributed by atoms with E-state index in [0.29, 0.717) is 19.1 Å². The number of nitrogens with zero attached hydrogens (tertiary/aromatic N) is 2. The highest BCUT2D eigenvalue weighted by Crippen LogP contribution is 2.24. The summed E-state index contributed by atoms with van der Waals surface area (Å²) in [7, 11) is 0. The third kappa shape index (κ3) is 3.65. The number of hydrogen-bond donors (Lipinski definition) is 0. The van der Waals surface area contributed by atoms with Gasteiger partial charge in [-0.05, 0) is 24.6 Å². The maximum Gasteiger partial charge on any atom is 0.227 e. The minimum Gasteiger partial charge on any atom is -0.378 e. The van der Waals surface area contributed by atoms with Gasteiger partial charge in [-0.3, -0.25) is 9.69 Å². The van der Waals surface area contributed by atoms with Crippen molar-refractivity contribution >= 4 is 21.8 Å². The van der Waals surface area contributed by atoms with Crippen molar-refractivity contribution in [2.75, 3.05) is 39.4 Å². The molecule has 1 atom stereocenters. The zero-order valence-corrected chi connectivity index (χ0v) is 13.7. The molecular formula is C16H21BrN2O2. The number of morpholine rings is 1. The SMILES string of the molecule is O=C(C1CCN(Cc2ccccc2Br)C1)N1CCOCC1. The Labute approximate surface area is 134 Å². The lowest BCUT2D eigenvalue weighted by atomic mass is 10.1. The van der Waals surface area contributed by atoms with Gasteiger partial charge in [0.1, 0.15) is 0 Å². The van der Waals surface area contributed by atoms with Crippen LogP contribution in [0.4, 0.5) is 0 Å². The van der Waals surface area contributed by atoms with E-state index in [1.807, 2.05) is 11.0 Å². The summed E-state index contributed by atoms with van der Waals surface area (Å²) in [5, 5.41) is 0. The van der Waals surface area contributed by atoms with Crippen molar-refractivity contribution < 1.29 is 9.53 Å². The summed E-state index contributed by atoms with van der Waals surface area (Å²) < 4.78 is 6.46. The van der Waals surface area contributed by atoms with Crippen LogP contribution in [0.15, 0.2) is 28.7 Å². The smallest absolute Gasteiger partial charge is 0.227 e. The van der Waals surface area contributed by atoms with Crippen molar-refractivity contribution in [3.63, 3.8) is 0 Å². The summed E-state index contributed by atoms with van der Waals surface area (Å²) in [5.41, 5.74) is 1.29. The number of carbonyl (C=O) groups is 1. The Kier molecular flexibility index (Phi) is 4.93. The maximum atomic E-state index is 12.5. The van der Waals surface area contributed by atoms with Gasteiger partial charge in [-0.25, -0.2) is 0 Å². The van der Waals surface area contributed by atoms with E-state index in [0.717, 1.165) is 43.6 Å². The van der Waals surface area contributed by atoms with E-state index < -0.39 is 0 Å².